The fourth-order valence-electron chi connectivity index (χ4n) is 8.32. The molecule has 5 atom stereocenters. The molecule has 1 aromatic heterocycles. The Morgan fingerprint density at radius 3 is 2.62 bits per heavy atom. The number of hydrogen-bond acceptors (Lipinski definition) is 8. The third-order valence-corrected chi connectivity index (χ3v) is 14.3. The van der Waals surface area contributed by atoms with Crippen LogP contribution in [0.4, 0.5) is 0 Å². The maximum Gasteiger partial charge on any atom is 0.259 e. The van der Waals surface area contributed by atoms with Gasteiger partial charge in [0, 0.05) is 23.3 Å². The first-order valence-electron chi connectivity index (χ1n) is 19.2. The number of hydrogen-bond donors (Lipinski definition) is 3. The summed E-state index contributed by atoms with van der Waals surface area (Å²) in [5.74, 6) is -0.955. The number of carbonyl (C=O) groups excluding carboxylic acids is 3. The van der Waals surface area contributed by atoms with Gasteiger partial charge in [0.15, 0.2) is 0 Å². The number of nitrogens with zero attached hydrogens (tertiary/aromatic N) is 2. The predicted molar refractivity (Wildman–Crippen MR) is 200 cm³/mol. The third-order valence-electron chi connectivity index (χ3n) is 12.1. The molecule has 2 aliphatic carbocycles. The first-order valence-corrected chi connectivity index (χ1v) is 20.7. The van der Waals surface area contributed by atoms with E-state index in [2.05, 4.69) is 42.2 Å². The molecule has 0 radical (unpaired) electrons. The van der Waals surface area contributed by atoms with E-state index in [1.54, 1.807) is 11.8 Å². The van der Waals surface area contributed by atoms with Crippen molar-refractivity contribution >= 4 is 38.6 Å². The van der Waals surface area contributed by atoms with Gasteiger partial charge in [0.2, 0.25) is 21.8 Å². The Morgan fingerprint density at radius 2 is 1.87 bits per heavy atom. The van der Waals surface area contributed by atoms with Gasteiger partial charge in [0.25, 0.3) is 5.91 Å². The van der Waals surface area contributed by atoms with E-state index < -0.39 is 49.8 Å². The number of allylic oxidation sites excluding steroid dienone is 1. The summed E-state index contributed by atoms with van der Waals surface area (Å²) in [6.45, 7) is 11.0. The number of amides is 3. The Bertz CT molecular complexity index is 1900. The van der Waals surface area contributed by atoms with Crippen LogP contribution in [0.15, 0.2) is 36.4 Å². The number of nitrogens with one attached hydrogen (secondary N) is 3. The summed E-state index contributed by atoms with van der Waals surface area (Å²) in [6.07, 6.45) is 11.9. The van der Waals surface area contributed by atoms with E-state index in [4.69, 9.17) is 9.72 Å². The van der Waals surface area contributed by atoms with E-state index in [0.29, 0.717) is 44.4 Å². The SMILES string of the molecule is Cc1nc2ccccc2c2c1O[C@]1(CC2)C[C@H]2C(=O)N[C@]3(C(=O)NS(=O)(=O)C4(C)CC4)C[C@H]3C=CCCCCC[C@H](NCCC(C)(C)C)C(=O)N2C1. The number of fused-ring (bicyclic) bond motifs is 5. The van der Waals surface area contributed by atoms with Gasteiger partial charge in [-0.25, -0.2) is 13.4 Å². The minimum atomic E-state index is -3.93. The van der Waals surface area contributed by atoms with Crippen molar-refractivity contribution in [2.24, 2.45) is 11.3 Å². The first kappa shape index (κ1) is 36.8. The molecular weight excluding hydrogens is 679 g/mol. The number of pyridine rings is 1. The topological polar surface area (TPSA) is 147 Å². The zero-order valence-corrected chi connectivity index (χ0v) is 32.2. The Labute approximate surface area is 308 Å². The summed E-state index contributed by atoms with van der Waals surface area (Å²) in [5, 5.41) is 7.62. The van der Waals surface area contributed by atoms with E-state index in [0.717, 1.165) is 54.3 Å². The highest BCUT2D eigenvalue weighted by atomic mass is 32.2. The fourth-order valence-corrected chi connectivity index (χ4v) is 9.63. The average molecular weight is 734 g/mol. The molecule has 7 rings (SSSR count). The first-order chi connectivity index (χ1) is 24.6. The second kappa shape index (κ2) is 13.4. The van der Waals surface area contributed by atoms with E-state index in [1.807, 2.05) is 37.3 Å². The molecule has 2 saturated carbocycles. The number of aromatic nitrogens is 1. The molecule has 11 nitrogen and oxygen atoms in total. The lowest BCUT2D eigenvalue weighted by molar-refractivity contribution is -0.141. The van der Waals surface area contributed by atoms with Crippen LogP contribution in [0, 0.1) is 18.3 Å². The predicted octanol–water partition coefficient (Wildman–Crippen LogP) is 5.00. The summed E-state index contributed by atoms with van der Waals surface area (Å²) in [6, 6.07) is 6.63. The highest BCUT2D eigenvalue weighted by Gasteiger charge is 2.64. The number of benzene rings is 1. The molecule has 1 aromatic carbocycles. The lowest BCUT2D eigenvalue weighted by atomic mass is 9.87. The monoisotopic (exact) mass is 733 g/mol. The van der Waals surface area contributed by atoms with E-state index in [1.165, 1.54) is 0 Å². The zero-order chi connectivity index (χ0) is 37.1. The van der Waals surface area contributed by atoms with Crippen molar-refractivity contribution in [3.63, 3.8) is 0 Å². The number of sulfonamides is 1. The van der Waals surface area contributed by atoms with Crippen LogP contribution < -0.4 is 20.1 Å². The third kappa shape index (κ3) is 7.09. The van der Waals surface area contributed by atoms with Gasteiger partial charge in [-0.2, -0.15) is 0 Å². The highest BCUT2D eigenvalue weighted by Crippen LogP contribution is 2.49. The Balaban J connectivity index is 1.22. The van der Waals surface area contributed by atoms with E-state index in [-0.39, 0.29) is 36.6 Å². The Kier molecular flexibility index (Phi) is 9.50. The van der Waals surface area contributed by atoms with Crippen molar-refractivity contribution in [2.75, 3.05) is 13.1 Å². The molecule has 2 aromatic rings. The molecule has 52 heavy (non-hydrogen) atoms. The fraction of sp³-hybridized carbons (Fsp3) is 0.650. The maximum atomic E-state index is 14.7. The van der Waals surface area contributed by atoms with Crippen molar-refractivity contribution in [1.82, 2.24) is 25.2 Å². The molecular formula is C40H55N5O6S. The van der Waals surface area contributed by atoms with Crippen LogP contribution in [0.1, 0.15) is 110 Å². The van der Waals surface area contributed by atoms with Crippen LogP contribution in [0.2, 0.25) is 0 Å². The molecule has 5 aliphatic rings. The van der Waals surface area contributed by atoms with Gasteiger partial charge in [0.1, 0.15) is 22.9 Å². The molecule has 1 spiro atoms. The summed E-state index contributed by atoms with van der Waals surface area (Å²) in [7, 11) is -3.93. The van der Waals surface area contributed by atoms with Crippen molar-refractivity contribution in [3.05, 3.63) is 47.7 Å². The summed E-state index contributed by atoms with van der Waals surface area (Å²) in [4.78, 5) is 49.8. The summed E-state index contributed by atoms with van der Waals surface area (Å²) >= 11 is 0. The minimum absolute atomic E-state index is 0.0851. The van der Waals surface area contributed by atoms with Crippen LogP contribution >= 0.6 is 0 Å². The average Bonchev–Trinajstić information content (AvgIpc) is 3.97. The Morgan fingerprint density at radius 1 is 1.10 bits per heavy atom. The number of aryl methyl sites for hydroxylation is 2. The van der Waals surface area contributed by atoms with Gasteiger partial charge in [-0.15, -0.1) is 0 Å². The summed E-state index contributed by atoms with van der Waals surface area (Å²) < 4.78 is 34.6. The van der Waals surface area contributed by atoms with Gasteiger partial charge in [-0.3, -0.25) is 19.1 Å². The van der Waals surface area contributed by atoms with Gasteiger partial charge in [-0.1, -0.05) is 64.0 Å². The molecule has 3 N–H and O–H groups in total. The lowest BCUT2D eigenvalue weighted by Gasteiger charge is -2.36. The molecule has 4 heterocycles. The van der Waals surface area contributed by atoms with E-state index in [9.17, 15) is 22.8 Å². The van der Waals surface area contributed by atoms with Gasteiger partial charge in [-0.05, 0) is 89.7 Å². The van der Waals surface area contributed by atoms with Crippen LogP contribution in [-0.4, -0.2) is 77.1 Å². The largest absolute Gasteiger partial charge is 0.483 e. The van der Waals surface area contributed by atoms with Crippen molar-refractivity contribution in [2.45, 2.75) is 140 Å². The quantitative estimate of drug-likeness (QED) is 0.352. The Hall–Kier alpha value is -3.51. The van der Waals surface area contributed by atoms with Crippen molar-refractivity contribution in [1.29, 1.82) is 0 Å². The van der Waals surface area contributed by atoms with Gasteiger partial charge < -0.3 is 20.3 Å². The highest BCUT2D eigenvalue weighted by molar-refractivity contribution is 7.91. The molecule has 1 saturated heterocycles. The van der Waals surface area contributed by atoms with Crippen molar-refractivity contribution < 1.29 is 27.5 Å². The van der Waals surface area contributed by atoms with E-state index >= 15 is 0 Å². The second-order valence-corrected chi connectivity index (χ2v) is 19.7. The molecule has 3 amide bonds. The van der Waals surface area contributed by atoms with Gasteiger partial charge >= 0.3 is 0 Å². The van der Waals surface area contributed by atoms with Crippen LogP contribution in [-0.2, 0) is 30.8 Å². The lowest BCUT2D eigenvalue weighted by Crippen LogP contribution is -2.58. The molecule has 3 fully saturated rings. The minimum Gasteiger partial charge on any atom is -0.483 e. The molecule has 0 bridgehead atoms. The van der Waals surface area contributed by atoms with Crippen LogP contribution in [0.25, 0.3) is 10.9 Å². The molecule has 12 heteroatoms. The normalized spacial score (nSPS) is 30.3. The second-order valence-electron chi connectivity index (χ2n) is 17.5. The molecule has 0 unspecified atom stereocenters. The van der Waals surface area contributed by atoms with Crippen LogP contribution in [0.3, 0.4) is 0 Å². The molecule has 3 aliphatic heterocycles. The molecule has 282 valence electrons. The number of para-hydroxylation sites is 1. The zero-order valence-electron chi connectivity index (χ0n) is 31.3. The number of rotatable bonds is 6. The maximum absolute atomic E-state index is 14.7. The van der Waals surface area contributed by atoms with Crippen molar-refractivity contribution in [3.8, 4) is 5.75 Å². The smallest absolute Gasteiger partial charge is 0.259 e. The number of ether oxygens (including phenoxy) is 1. The summed E-state index contributed by atoms with van der Waals surface area (Å²) in [5.41, 5.74) is 0.601. The van der Waals surface area contributed by atoms with Gasteiger partial charge in [0.05, 0.1) is 28.5 Å². The van der Waals surface area contributed by atoms with Crippen LogP contribution in [0.5, 0.6) is 5.75 Å². The standard InChI is InChI=1S/C40H55N5O6S/c1-26-33-29(28-14-11-12-15-30(28)42-26)17-18-39(51-33)24-32-34(46)43-40(36(48)44-52(49,50)38(5)19-20-38)23-27(40)13-9-7-6-8-10-16-31(35(47)45(32)25-39)41-22-21-37(2,3)4/h9,11-15,27,31-32,41H,6-8,10,16-25H2,1-5H3,(H,43,46)(H,44,48)/t27-,31+,32+,39-,40-/m1/s1. The number of carbonyl (C=O) groups is 3.